The van der Waals surface area contributed by atoms with Crippen LogP contribution in [-0.2, 0) is 9.53 Å². The van der Waals surface area contributed by atoms with E-state index in [1.54, 1.807) is 0 Å². The van der Waals surface area contributed by atoms with Crippen LogP contribution >= 0.6 is 0 Å². The number of carbonyl (C=O) groups excluding carboxylic acids is 1. The second-order valence-electron chi connectivity index (χ2n) is 2.53. The molecule has 0 fully saturated rings. The second-order valence-corrected chi connectivity index (χ2v) is 2.53. The van der Waals surface area contributed by atoms with Gasteiger partial charge in [0.15, 0.2) is 11.5 Å². The Morgan fingerprint density at radius 1 is 1.64 bits per heavy atom. The maximum Gasteiger partial charge on any atom is 1.00 e. The van der Waals surface area contributed by atoms with E-state index >= 15 is 0 Å². The minimum absolute atomic E-state index is 0. The molecule has 0 aromatic heterocycles. The smallest absolute Gasteiger partial charge is 0.641 e. The predicted molar refractivity (Wildman–Crippen MR) is 35.2 cm³/mol. The fourth-order valence-electron chi connectivity index (χ4n) is 1.13. The normalized spacial score (nSPS) is 25.2. The molecule has 0 spiro atoms. The first-order valence-electron chi connectivity index (χ1n) is 3.50. The number of ketones is 1. The molecule has 0 aliphatic carbocycles. The fourth-order valence-corrected chi connectivity index (χ4v) is 1.13. The molecule has 1 atom stereocenters. The molecule has 2 aliphatic rings. The quantitative estimate of drug-likeness (QED) is 0.454. The Kier molecular flexibility index (Phi) is 2.62. The van der Waals surface area contributed by atoms with Crippen molar-refractivity contribution >= 4 is 5.78 Å². The first-order chi connectivity index (χ1) is 4.83. The third-order valence-electron chi connectivity index (χ3n) is 1.71. The van der Waals surface area contributed by atoms with Crippen molar-refractivity contribution in [2.45, 2.75) is 25.8 Å². The van der Waals surface area contributed by atoms with Crippen molar-refractivity contribution in [1.29, 1.82) is 0 Å². The average Bonchev–Trinajstić information content (AvgIpc) is 2.60. The summed E-state index contributed by atoms with van der Waals surface area (Å²) < 4.78 is 4.76. The van der Waals surface area contributed by atoms with Crippen molar-refractivity contribution in [1.82, 2.24) is 0 Å². The monoisotopic (exact) mass is 161 g/mol. The van der Waals surface area contributed by atoms with Gasteiger partial charge in [-0.1, -0.05) is 19.8 Å². The van der Waals surface area contributed by atoms with Crippen LogP contribution in [0.25, 0.3) is 5.32 Å². The summed E-state index contributed by atoms with van der Waals surface area (Å²) in [5, 5.41) is 4.04. The molecule has 0 aromatic rings. The number of rotatable bonds is 2. The molecule has 0 saturated heterocycles. The minimum Gasteiger partial charge on any atom is -0.641 e. The molecule has 0 saturated carbocycles. The summed E-state index contributed by atoms with van der Waals surface area (Å²) in [7, 11) is 0. The van der Waals surface area contributed by atoms with E-state index in [1.807, 2.05) is 6.92 Å². The molecule has 0 aromatic carbocycles. The van der Waals surface area contributed by atoms with Crippen LogP contribution < -0.4 is 29.6 Å². The number of Topliss-reactive ketones (excluding diaryl/α,β-unsaturated/α-hetero) is 1. The van der Waals surface area contributed by atoms with Crippen LogP contribution in [0.15, 0.2) is 11.6 Å². The molecule has 2 aliphatic heterocycles. The number of ether oxygens (including phenoxy) is 1. The van der Waals surface area contributed by atoms with Crippen LogP contribution in [0.5, 0.6) is 0 Å². The van der Waals surface area contributed by atoms with E-state index in [0.717, 1.165) is 12.8 Å². The zero-order valence-electron chi connectivity index (χ0n) is 6.76. The Morgan fingerprint density at radius 3 is 2.82 bits per heavy atom. The Balaban J connectivity index is 0.000000605. The third-order valence-corrected chi connectivity index (χ3v) is 1.71. The van der Waals surface area contributed by atoms with Gasteiger partial charge in [-0.25, -0.2) is 0 Å². The molecule has 1 unspecified atom stereocenters. The summed E-state index contributed by atoms with van der Waals surface area (Å²) in [6.45, 7) is 2.04. The Morgan fingerprint density at radius 2 is 2.36 bits per heavy atom. The van der Waals surface area contributed by atoms with Crippen LogP contribution in [0.2, 0.25) is 0 Å². The van der Waals surface area contributed by atoms with Gasteiger partial charge in [0.25, 0.3) is 0 Å². The van der Waals surface area contributed by atoms with E-state index in [9.17, 15) is 4.79 Å². The summed E-state index contributed by atoms with van der Waals surface area (Å²) in [4.78, 5) is 11.1. The van der Waals surface area contributed by atoms with Crippen molar-refractivity contribution in [3.63, 3.8) is 0 Å². The molecule has 54 valence electrons. The van der Waals surface area contributed by atoms with Crippen LogP contribution in [-0.4, -0.2) is 11.8 Å². The Hall–Kier alpha value is 0.0100. The molecular weight excluding hydrogens is 153 g/mol. The standard InChI is InChI=1S/C7H9NO2.Na/c1-2-3-4-5(9)6-7(8-4)10-6;/h4H,2-3H2,1H3,(H,8,9);/q;+1/p-1. The van der Waals surface area contributed by atoms with E-state index in [4.69, 9.17) is 4.74 Å². The van der Waals surface area contributed by atoms with Crippen LogP contribution in [0, 0.1) is 0 Å². The molecule has 4 heteroatoms. The molecule has 3 nitrogen and oxygen atoms in total. The topological polar surface area (TPSA) is 43.7 Å². The average molecular weight is 161 g/mol. The molecule has 0 bridgehead atoms. The van der Waals surface area contributed by atoms with E-state index in [1.165, 1.54) is 0 Å². The molecule has 2 heterocycles. The van der Waals surface area contributed by atoms with Gasteiger partial charge in [0.1, 0.15) is 0 Å². The summed E-state index contributed by atoms with van der Waals surface area (Å²) in [5.74, 6) is 1.18. The van der Waals surface area contributed by atoms with Crippen LogP contribution in [0.1, 0.15) is 19.8 Å². The number of hydrogen-bond acceptors (Lipinski definition) is 2. The van der Waals surface area contributed by atoms with Gasteiger partial charge < -0.3 is 10.1 Å². The second kappa shape index (κ2) is 3.17. The van der Waals surface area contributed by atoms with E-state index in [0.29, 0.717) is 11.6 Å². The van der Waals surface area contributed by atoms with Gasteiger partial charge in [0.2, 0.25) is 0 Å². The van der Waals surface area contributed by atoms with E-state index < -0.39 is 0 Å². The molecule has 0 N–H and O–H groups in total. The van der Waals surface area contributed by atoms with Gasteiger partial charge in [-0.3, -0.25) is 4.79 Å². The summed E-state index contributed by atoms with van der Waals surface area (Å²) in [6.07, 6.45) is 1.86. The maximum atomic E-state index is 11.1. The molecular formula is C7H8NNaO2. The maximum absolute atomic E-state index is 11.1. The third kappa shape index (κ3) is 1.45. The van der Waals surface area contributed by atoms with Crippen molar-refractivity contribution in [2.24, 2.45) is 0 Å². The zero-order valence-corrected chi connectivity index (χ0v) is 8.76. The fraction of sp³-hybridized carbons (Fsp3) is 0.571. The van der Waals surface area contributed by atoms with Crippen LogP contribution in [0.3, 0.4) is 0 Å². The van der Waals surface area contributed by atoms with Gasteiger partial charge in [0, 0.05) is 0 Å². The zero-order chi connectivity index (χ0) is 7.14. The number of hydrogen-bond donors (Lipinski definition) is 0. The van der Waals surface area contributed by atoms with E-state index in [-0.39, 0.29) is 41.4 Å². The van der Waals surface area contributed by atoms with Crippen LogP contribution in [0.4, 0.5) is 0 Å². The predicted octanol–water partition coefficient (Wildman–Crippen LogP) is -1.69. The van der Waals surface area contributed by atoms with Crippen molar-refractivity contribution < 1.29 is 39.1 Å². The van der Waals surface area contributed by atoms with Gasteiger partial charge in [-0.2, -0.15) is 0 Å². The molecule has 2 rings (SSSR count). The Labute approximate surface area is 87.5 Å². The first kappa shape index (κ1) is 9.10. The Bertz CT molecular complexity index is 224. The molecule has 0 radical (unpaired) electrons. The molecule has 11 heavy (non-hydrogen) atoms. The summed E-state index contributed by atoms with van der Waals surface area (Å²) in [5.41, 5.74) is 0. The first-order valence-corrected chi connectivity index (χ1v) is 3.50. The van der Waals surface area contributed by atoms with Gasteiger partial charge in [-0.05, 0) is 6.04 Å². The SMILES string of the molecule is CCCC1[N-]C2=C(O2)C1=O.[Na+]. The van der Waals surface area contributed by atoms with Crippen molar-refractivity contribution in [2.75, 3.05) is 0 Å². The van der Waals surface area contributed by atoms with Gasteiger partial charge >= 0.3 is 29.6 Å². The van der Waals surface area contributed by atoms with Crippen molar-refractivity contribution in [3.8, 4) is 0 Å². The van der Waals surface area contributed by atoms with E-state index in [2.05, 4.69) is 5.32 Å². The summed E-state index contributed by atoms with van der Waals surface area (Å²) >= 11 is 0. The molecule has 0 amide bonds. The minimum atomic E-state index is -0.108. The van der Waals surface area contributed by atoms with Gasteiger partial charge in [-0.15, -0.1) is 0 Å². The van der Waals surface area contributed by atoms with Gasteiger partial charge in [0.05, 0.1) is 5.88 Å². The number of carbonyl (C=O) groups is 1. The van der Waals surface area contributed by atoms with Crippen molar-refractivity contribution in [3.05, 3.63) is 17.0 Å². The largest absolute Gasteiger partial charge is 1.00 e. The number of nitrogens with zero attached hydrogens (tertiary/aromatic N) is 1. The summed E-state index contributed by atoms with van der Waals surface area (Å²) in [6, 6.07) is -0.108.